The first kappa shape index (κ1) is 36.8. The summed E-state index contributed by atoms with van der Waals surface area (Å²) in [6, 6.07) is 15.7. The van der Waals surface area contributed by atoms with E-state index in [1.54, 1.807) is 56.3 Å². The summed E-state index contributed by atoms with van der Waals surface area (Å²) in [6.45, 7) is 14.0. The van der Waals surface area contributed by atoms with Crippen LogP contribution in [0.25, 0.3) is 6.08 Å². The lowest BCUT2D eigenvalue weighted by atomic mass is 9.84. The molecule has 0 aliphatic carbocycles. The van der Waals surface area contributed by atoms with Crippen molar-refractivity contribution in [3.05, 3.63) is 105 Å². The number of amides is 1. The largest absolute Gasteiger partial charge is 0.466 e. The fraction of sp³-hybridized carbons (Fsp3) is 0.421. The highest BCUT2D eigenvalue weighted by molar-refractivity contribution is 7.89. The smallest absolute Gasteiger partial charge is 0.407 e. The van der Waals surface area contributed by atoms with E-state index in [0.29, 0.717) is 13.0 Å². The number of hydrogen-bond acceptors (Lipinski definition) is 6. The maximum atomic E-state index is 14.1. The molecule has 0 radical (unpaired) electrons. The summed E-state index contributed by atoms with van der Waals surface area (Å²) < 4.78 is 54.3. The van der Waals surface area contributed by atoms with Crippen molar-refractivity contribution in [1.29, 1.82) is 0 Å². The Hall–Kier alpha value is -4.02. The minimum atomic E-state index is -3.84. The van der Waals surface area contributed by atoms with Gasteiger partial charge in [0, 0.05) is 25.6 Å². The molecule has 3 aromatic carbocycles. The number of sulfonamides is 1. The van der Waals surface area contributed by atoms with Crippen LogP contribution in [-0.4, -0.2) is 50.1 Å². The predicted octanol–water partition coefficient (Wildman–Crippen LogP) is 7.45. The van der Waals surface area contributed by atoms with Crippen LogP contribution in [0.3, 0.4) is 0 Å². The second-order valence-corrected chi connectivity index (χ2v) is 15.4. The van der Waals surface area contributed by atoms with Crippen molar-refractivity contribution in [2.24, 2.45) is 5.92 Å². The van der Waals surface area contributed by atoms with Gasteiger partial charge < -0.3 is 14.8 Å². The second kappa shape index (κ2) is 15.5. The Morgan fingerprint density at radius 1 is 1.06 bits per heavy atom. The average molecular weight is 679 g/mol. The van der Waals surface area contributed by atoms with E-state index < -0.39 is 27.6 Å². The van der Waals surface area contributed by atoms with Crippen LogP contribution in [0.15, 0.2) is 65.6 Å². The SMILES string of the molecule is CCOC(=O)CC(c1ccc(C)c(CN2CC(C)Cc3cc(C=CCNC(=O)OC(C)(C)C)ccc3S2(=O)=O)c1)c1ccc(F)cc1C. The molecule has 48 heavy (non-hydrogen) atoms. The van der Waals surface area contributed by atoms with Crippen LogP contribution in [0.4, 0.5) is 9.18 Å². The molecule has 4 rings (SSSR count). The van der Waals surface area contributed by atoms with Crippen LogP contribution in [0.5, 0.6) is 0 Å². The first-order valence-corrected chi connectivity index (χ1v) is 17.8. The number of nitrogens with zero attached hydrogens (tertiary/aromatic N) is 1. The van der Waals surface area contributed by atoms with Gasteiger partial charge in [0.05, 0.1) is 17.9 Å². The molecule has 3 aromatic rings. The summed E-state index contributed by atoms with van der Waals surface area (Å²) in [5.74, 6) is -1.05. The summed E-state index contributed by atoms with van der Waals surface area (Å²) >= 11 is 0. The number of nitrogens with one attached hydrogen (secondary N) is 1. The third-order valence-corrected chi connectivity index (χ3v) is 10.2. The Kier molecular flexibility index (Phi) is 11.9. The fourth-order valence-electron chi connectivity index (χ4n) is 6.03. The van der Waals surface area contributed by atoms with E-state index in [0.717, 1.165) is 38.9 Å². The van der Waals surface area contributed by atoms with Crippen molar-refractivity contribution < 1.29 is 31.9 Å². The highest BCUT2D eigenvalue weighted by Gasteiger charge is 2.33. The molecule has 8 nitrogen and oxygen atoms in total. The average Bonchev–Trinajstić information content (AvgIpc) is 3.07. The zero-order valence-corrected chi connectivity index (χ0v) is 29.7. The molecule has 0 spiro atoms. The normalized spacial score (nSPS) is 17.0. The maximum absolute atomic E-state index is 14.1. The molecule has 10 heteroatoms. The van der Waals surface area contributed by atoms with E-state index in [-0.39, 0.29) is 48.7 Å². The van der Waals surface area contributed by atoms with Crippen LogP contribution in [0.1, 0.15) is 85.9 Å². The molecule has 1 aliphatic heterocycles. The van der Waals surface area contributed by atoms with Crippen molar-refractivity contribution in [1.82, 2.24) is 9.62 Å². The number of ether oxygens (including phenoxy) is 2. The molecule has 0 saturated carbocycles. The highest BCUT2D eigenvalue weighted by Crippen LogP contribution is 2.35. The van der Waals surface area contributed by atoms with Gasteiger partial charge in [0.1, 0.15) is 11.4 Å². The molecule has 0 aromatic heterocycles. The van der Waals surface area contributed by atoms with Crippen molar-refractivity contribution in [2.45, 2.75) is 84.3 Å². The molecule has 1 heterocycles. The Morgan fingerprint density at radius 2 is 1.81 bits per heavy atom. The number of rotatable bonds is 10. The van der Waals surface area contributed by atoms with Crippen molar-refractivity contribution in [3.63, 3.8) is 0 Å². The molecule has 258 valence electrons. The fourth-order valence-corrected chi connectivity index (χ4v) is 7.78. The quantitative estimate of drug-likeness (QED) is 0.224. The Balaban J connectivity index is 1.60. The van der Waals surface area contributed by atoms with E-state index in [4.69, 9.17) is 9.47 Å². The third kappa shape index (κ3) is 9.54. The van der Waals surface area contributed by atoms with Crippen molar-refractivity contribution >= 4 is 28.2 Å². The maximum Gasteiger partial charge on any atom is 0.407 e. The van der Waals surface area contributed by atoms with Crippen molar-refractivity contribution in [2.75, 3.05) is 19.7 Å². The van der Waals surface area contributed by atoms with Gasteiger partial charge in [0.25, 0.3) is 0 Å². The van der Waals surface area contributed by atoms with Gasteiger partial charge in [-0.2, -0.15) is 4.31 Å². The number of esters is 1. The summed E-state index contributed by atoms with van der Waals surface area (Å²) in [5, 5.41) is 2.69. The van der Waals surface area contributed by atoms with Gasteiger partial charge in [-0.3, -0.25) is 4.79 Å². The van der Waals surface area contributed by atoms with Crippen LogP contribution in [0, 0.1) is 25.6 Å². The number of hydrogen-bond donors (Lipinski definition) is 1. The van der Waals surface area contributed by atoms with Crippen LogP contribution in [0.2, 0.25) is 0 Å². The van der Waals surface area contributed by atoms with Gasteiger partial charge in [-0.1, -0.05) is 55.5 Å². The van der Waals surface area contributed by atoms with E-state index in [1.807, 2.05) is 51.1 Å². The summed E-state index contributed by atoms with van der Waals surface area (Å²) in [7, 11) is -3.84. The van der Waals surface area contributed by atoms with Gasteiger partial charge >= 0.3 is 12.1 Å². The molecular weight excluding hydrogens is 631 g/mol. The van der Waals surface area contributed by atoms with E-state index in [9.17, 15) is 22.4 Å². The minimum Gasteiger partial charge on any atom is -0.466 e. The molecule has 0 fully saturated rings. The molecule has 1 amide bonds. The molecule has 1 N–H and O–H groups in total. The zero-order chi connectivity index (χ0) is 35.2. The summed E-state index contributed by atoms with van der Waals surface area (Å²) in [5.41, 5.74) is 5.13. The summed E-state index contributed by atoms with van der Waals surface area (Å²) in [6.07, 6.45) is 3.80. The van der Waals surface area contributed by atoms with Crippen LogP contribution in [-0.2, 0) is 37.3 Å². The first-order chi connectivity index (χ1) is 22.6. The molecule has 0 bridgehead atoms. The summed E-state index contributed by atoms with van der Waals surface area (Å²) in [4.78, 5) is 24.9. The lowest BCUT2D eigenvalue weighted by molar-refractivity contribution is -0.143. The number of alkyl carbamates (subject to hydrolysis) is 1. The molecule has 2 unspecified atom stereocenters. The first-order valence-electron chi connectivity index (χ1n) is 16.3. The molecule has 0 saturated heterocycles. The lowest BCUT2D eigenvalue weighted by Gasteiger charge is -2.25. The van der Waals surface area contributed by atoms with Gasteiger partial charge in [-0.05, 0) is 111 Å². The van der Waals surface area contributed by atoms with E-state index in [1.165, 1.54) is 12.1 Å². The Labute approximate surface area is 284 Å². The monoisotopic (exact) mass is 678 g/mol. The van der Waals surface area contributed by atoms with Gasteiger partial charge in [0.2, 0.25) is 10.0 Å². The van der Waals surface area contributed by atoms with Gasteiger partial charge in [-0.25, -0.2) is 17.6 Å². The minimum absolute atomic E-state index is 0.0519. The number of carbonyl (C=O) groups is 2. The van der Waals surface area contributed by atoms with Gasteiger partial charge in [0.15, 0.2) is 0 Å². The molecular formula is C38H47FN2O6S. The van der Waals surface area contributed by atoms with E-state index >= 15 is 0 Å². The van der Waals surface area contributed by atoms with Crippen LogP contribution >= 0.6 is 0 Å². The molecule has 1 aliphatic rings. The Bertz CT molecular complexity index is 1780. The van der Waals surface area contributed by atoms with Crippen LogP contribution < -0.4 is 5.32 Å². The standard InChI is InChI=1S/C38H47FN2O6S/c1-8-46-36(42)22-34(33-15-14-32(39)19-27(33)4)29-13-11-26(3)31(21-29)24-41-23-25(2)18-30-20-28(12-16-35(30)48(41,44)45)10-9-17-40-37(43)47-38(5,6)7/h9-16,19-21,25,34H,8,17-18,22-24H2,1-7H3,(H,40,43). The number of halogens is 1. The van der Waals surface area contributed by atoms with Crippen molar-refractivity contribution in [3.8, 4) is 0 Å². The third-order valence-electron chi connectivity index (χ3n) is 8.27. The second-order valence-electron chi connectivity index (χ2n) is 13.5. The number of aryl methyl sites for hydroxylation is 2. The lowest BCUT2D eigenvalue weighted by Crippen LogP contribution is -2.33. The number of fused-ring (bicyclic) bond motifs is 1. The number of benzene rings is 3. The number of carbonyl (C=O) groups excluding carboxylic acids is 2. The highest BCUT2D eigenvalue weighted by atomic mass is 32.2. The molecule has 2 atom stereocenters. The van der Waals surface area contributed by atoms with E-state index in [2.05, 4.69) is 5.32 Å². The Morgan fingerprint density at radius 3 is 2.50 bits per heavy atom. The zero-order valence-electron chi connectivity index (χ0n) is 28.9. The van der Waals surface area contributed by atoms with Gasteiger partial charge in [-0.15, -0.1) is 0 Å². The topological polar surface area (TPSA) is 102 Å². The predicted molar refractivity (Wildman–Crippen MR) is 186 cm³/mol.